The normalized spacial score (nSPS) is 10.9. The molecule has 8 heteroatoms. The zero-order valence-electron chi connectivity index (χ0n) is 18.8. The highest BCUT2D eigenvalue weighted by atomic mass is 32.1. The maximum Gasteiger partial charge on any atom is 0.326 e. The number of aromatic amines is 1. The van der Waals surface area contributed by atoms with Crippen molar-refractivity contribution in [3.05, 3.63) is 72.2 Å². The summed E-state index contributed by atoms with van der Waals surface area (Å²) in [5.41, 5.74) is 5.78. The van der Waals surface area contributed by atoms with Crippen molar-refractivity contribution < 1.29 is 14.8 Å². The number of benzene rings is 2. The smallest absolute Gasteiger partial charge is 0.326 e. The Morgan fingerprint density at radius 1 is 0.941 bits per heavy atom. The topological polar surface area (TPSA) is 97.5 Å². The van der Waals surface area contributed by atoms with Crippen LogP contribution in [0.4, 0.5) is 15.5 Å². The number of rotatable bonds is 10. The van der Waals surface area contributed by atoms with Crippen LogP contribution in [0.2, 0.25) is 0 Å². The van der Waals surface area contributed by atoms with Crippen molar-refractivity contribution >= 4 is 44.9 Å². The molecule has 0 aliphatic rings. The lowest BCUT2D eigenvalue weighted by Crippen LogP contribution is -2.35. The molecule has 0 aliphatic carbocycles. The number of urea groups is 1. The lowest BCUT2D eigenvalue weighted by Gasteiger charge is -2.23. The Hall–Kier alpha value is -3.62. The molecule has 2 aromatic carbocycles. The summed E-state index contributed by atoms with van der Waals surface area (Å²) in [6.45, 7) is 0.567. The minimum absolute atomic E-state index is 0.164. The van der Waals surface area contributed by atoms with Crippen LogP contribution < -0.4 is 15.7 Å². The van der Waals surface area contributed by atoms with Crippen molar-refractivity contribution in [2.75, 3.05) is 16.8 Å². The molecule has 0 saturated heterocycles. The first-order valence-corrected chi connectivity index (χ1v) is 12.2. The Balaban J connectivity index is 1.43. The summed E-state index contributed by atoms with van der Waals surface area (Å²) in [7, 11) is 0. The fourth-order valence-electron chi connectivity index (χ4n) is 3.90. The summed E-state index contributed by atoms with van der Waals surface area (Å²) in [6, 6.07) is 20.0. The van der Waals surface area contributed by atoms with Crippen molar-refractivity contribution in [1.29, 1.82) is 0 Å². The summed E-state index contributed by atoms with van der Waals surface area (Å²) in [5.74, 6) is -0.368. The predicted molar refractivity (Wildman–Crippen MR) is 137 cm³/mol. The average molecular weight is 477 g/mol. The van der Waals surface area contributed by atoms with Gasteiger partial charge in [0.15, 0.2) is 0 Å². The lowest BCUT2D eigenvalue weighted by atomic mass is 10.0. The van der Waals surface area contributed by atoms with Crippen LogP contribution in [-0.4, -0.2) is 28.7 Å². The third-order valence-electron chi connectivity index (χ3n) is 5.72. The SMILES string of the molecule is O=C(CCCCCCN(C(=O)Nc1cccs1)c1ccc(-c2ccc3cc[nH]c3c2)cc1)NO. The first kappa shape index (κ1) is 23.5. The zero-order valence-corrected chi connectivity index (χ0v) is 19.6. The van der Waals surface area contributed by atoms with E-state index in [2.05, 4.69) is 28.5 Å². The number of hydrogen-bond donors (Lipinski definition) is 4. The van der Waals surface area contributed by atoms with Gasteiger partial charge in [-0.15, -0.1) is 11.3 Å². The minimum Gasteiger partial charge on any atom is -0.361 e. The molecule has 0 fully saturated rings. The van der Waals surface area contributed by atoms with Gasteiger partial charge in [0.05, 0.1) is 5.00 Å². The number of H-pyrrole nitrogens is 1. The Kier molecular flexibility index (Phi) is 7.95. The number of aromatic nitrogens is 1. The van der Waals surface area contributed by atoms with Crippen molar-refractivity contribution in [2.24, 2.45) is 0 Å². The molecule has 4 N–H and O–H groups in total. The summed E-state index contributed by atoms with van der Waals surface area (Å²) in [6.07, 6.45) is 5.49. The highest BCUT2D eigenvalue weighted by Gasteiger charge is 2.16. The number of hydroxylamine groups is 1. The number of carbonyl (C=O) groups is 2. The molecule has 2 heterocycles. The fourth-order valence-corrected chi connectivity index (χ4v) is 4.50. The number of carbonyl (C=O) groups excluding carboxylic acids is 2. The molecule has 4 rings (SSSR count). The minimum atomic E-state index is -0.368. The molecule has 0 saturated carbocycles. The molecular formula is C26H28N4O3S. The molecule has 34 heavy (non-hydrogen) atoms. The van der Waals surface area contributed by atoms with E-state index in [0.29, 0.717) is 19.4 Å². The van der Waals surface area contributed by atoms with E-state index in [1.807, 2.05) is 54.0 Å². The largest absolute Gasteiger partial charge is 0.361 e. The Morgan fingerprint density at radius 2 is 1.74 bits per heavy atom. The summed E-state index contributed by atoms with van der Waals surface area (Å²) >= 11 is 1.49. The van der Waals surface area contributed by atoms with Crippen LogP contribution in [0.1, 0.15) is 32.1 Å². The van der Waals surface area contributed by atoms with Crippen LogP contribution in [0.5, 0.6) is 0 Å². The number of anilines is 2. The van der Waals surface area contributed by atoms with Gasteiger partial charge in [0, 0.05) is 30.4 Å². The van der Waals surface area contributed by atoms with Crippen molar-refractivity contribution in [1.82, 2.24) is 10.5 Å². The molecule has 7 nitrogen and oxygen atoms in total. The van der Waals surface area contributed by atoms with Gasteiger partial charge in [-0.1, -0.05) is 37.1 Å². The quantitative estimate of drug-likeness (QED) is 0.121. The number of nitrogens with zero attached hydrogens (tertiary/aromatic N) is 1. The average Bonchev–Trinajstić information content (AvgIpc) is 3.55. The van der Waals surface area contributed by atoms with E-state index in [1.165, 1.54) is 16.7 Å². The van der Waals surface area contributed by atoms with E-state index in [-0.39, 0.29) is 11.9 Å². The molecule has 4 aromatic rings. The number of thiophene rings is 1. The molecule has 0 spiro atoms. The Labute approximate surface area is 202 Å². The third-order valence-corrected chi connectivity index (χ3v) is 6.51. The zero-order chi connectivity index (χ0) is 23.8. The number of unbranched alkanes of at least 4 members (excludes halogenated alkanes) is 3. The summed E-state index contributed by atoms with van der Waals surface area (Å²) < 4.78 is 0. The molecule has 0 atom stereocenters. The maximum absolute atomic E-state index is 13.1. The fraction of sp³-hybridized carbons (Fsp3) is 0.231. The van der Waals surface area contributed by atoms with E-state index < -0.39 is 0 Å². The molecule has 3 amide bonds. The lowest BCUT2D eigenvalue weighted by molar-refractivity contribution is -0.129. The van der Waals surface area contributed by atoms with Gasteiger partial charge in [-0.2, -0.15) is 0 Å². The molecule has 176 valence electrons. The van der Waals surface area contributed by atoms with E-state index in [0.717, 1.165) is 46.6 Å². The first-order chi connectivity index (χ1) is 16.6. The standard InChI is InChI=1S/C26H28N4O3S/c31-24(29-33)6-3-1-2-4-16-30(26(32)28-25-7-5-17-34-25)22-12-10-19(11-13-22)21-9-8-20-14-15-27-23(20)18-21/h5,7-15,17-18,27,33H,1-4,6,16H2,(H,28,32)(H,29,31). The Morgan fingerprint density at radius 3 is 2.50 bits per heavy atom. The third kappa shape index (κ3) is 6.03. The second-order valence-corrected chi connectivity index (χ2v) is 9.03. The second-order valence-electron chi connectivity index (χ2n) is 8.08. The van der Waals surface area contributed by atoms with Crippen LogP contribution in [-0.2, 0) is 4.79 Å². The van der Waals surface area contributed by atoms with Crippen molar-refractivity contribution in [2.45, 2.75) is 32.1 Å². The van der Waals surface area contributed by atoms with Crippen LogP contribution in [0.25, 0.3) is 22.0 Å². The van der Waals surface area contributed by atoms with Gasteiger partial charge in [0.2, 0.25) is 5.91 Å². The van der Waals surface area contributed by atoms with Gasteiger partial charge in [0.1, 0.15) is 0 Å². The molecule has 0 radical (unpaired) electrons. The monoisotopic (exact) mass is 476 g/mol. The molecular weight excluding hydrogens is 448 g/mol. The number of amides is 3. The molecule has 0 aliphatic heterocycles. The summed E-state index contributed by atoms with van der Waals surface area (Å²) in [4.78, 5) is 29.2. The van der Waals surface area contributed by atoms with Gasteiger partial charge in [-0.25, -0.2) is 10.3 Å². The van der Waals surface area contributed by atoms with Gasteiger partial charge in [-0.3, -0.25) is 20.2 Å². The van der Waals surface area contributed by atoms with Crippen LogP contribution in [0, 0.1) is 0 Å². The van der Waals surface area contributed by atoms with E-state index in [4.69, 9.17) is 5.21 Å². The maximum atomic E-state index is 13.1. The van der Waals surface area contributed by atoms with Crippen molar-refractivity contribution in [3.63, 3.8) is 0 Å². The predicted octanol–water partition coefficient (Wildman–Crippen LogP) is 6.39. The van der Waals surface area contributed by atoms with Gasteiger partial charge >= 0.3 is 6.03 Å². The van der Waals surface area contributed by atoms with Gasteiger partial charge in [0.25, 0.3) is 0 Å². The highest BCUT2D eigenvalue weighted by molar-refractivity contribution is 7.14. The van der Waals surface area contributed by atoms with Crippen molar-refractivity contribution in [3.8, 4) is 11.1 Å². The second kappa shape index (κ2) is 11.5. The first-order valence-electron chi connectivity index (χ1n) is 11.4. The molecule has 2 aromatic heterocycles. The Bertz CT molecular complexity index is 1220. The van der Waals surface area contributed by atoms with E-state index >= 15 is 0 Å². The number of hydrogen-bond acceptors (Lipinski definition) is 4. The molecule has 0 unspecified atom stereocenters. The van der Waals surface area contributed by atoms with Gasteiger partial charge < -0.3 is 4.98 Å². The van der Waals surface area contributed by atoms with E-state index in [1.54, 1.807) is 10.4 Å². The van der Waals surface area contributed by atoms with Crippen LogP contribution in [0.3, 0.4) is 0 Å². The number of fused-ring (bicyclic) bond motifs is 1. The highest BCUT2D eigenvalue weighted by Crippen LogP contribution is 2.27. The van der Waals surface area contributed by atoms with Gasteiger partial charge in [-0.05, 0) is 71.1 Å². The molecule has 0 bridgehead atoms. The van der Waals surface area contributed by atoms with Crippen LogP contribution in [0.15, 0.2) is 72.2 Å². The summed E-state index contributed by atoms with van der Waals surface area (Å²) in [5, 5.41) is 15.5. The van der Waals surface area contributed by atoms with E-state index in [9.17, 15) is 9.59 Å². The van der Waals surface area contributed by atoms with Crippen LogP contribution >= 0.6 is 11.3 Å². The number of nitrogens with one attached hydrogen (secondary N) is 3.